The SMILES string of the molecule is Nc1ccc(Nc2ccccc2Br)c2cccnc12. The van der Waals surface area contributed by atoms with Gasteiger partial charge in [0.15, 0.2) is 0 Å². The van der Waals surface area contributed by atoms with Gasteiger partial charge in [-0.05, 0) is 52.3 Å². The predicted molar refractivity (Wildman–Crippen MR) is 83.6 cm³/mol. The van der Waals surface area contributed by atoms with Gasteiger partial charge in [-0.2, -0.15) is 0 Å². The van der Waals surface area contributed by atoms with Gasteiger partial charge in [0.25, 0.3) is 0 Å². The van der Waals surface area contributed by atoms with Crippen molar-refractivity contribution in [1.82, 2.24) is 4.98 Å². The van der Waals surface area contributed by atoms with Crippen molar-refractivity contribution in [2.45, 2.75) is 0 Å². The average Bonchev–Trinajstić information content (AvgIpc) is 2.44. The maximum atomic E-state index is 5.95. The fraction of sp³-hybridized carbons (Fsp3) is 0. The van der Waals surface area contributed by atoms with Crippen LogP contribution in [-0.4, -0.2) is 4.98 Å². The molecule has 1 heterocycles. The average molecular weight is 314 g/mol. The molecule has 0 aliphatic rings. The number of para-hydroxylation sites is 1. The van der Waals surface area contributed by atoms with Crippen LogP contribution in [0.15, 0.2) is 59.2 Å². The molecule has 0 bridgehead atoms. The Morgan fingerprint density at radius 2 is 1.79 bits per heavy atom. The molecule has 0 aliphatic carbocycles. The van der Waals surface area contributed by atoms with Gasteiger partial charge in [-0.25, -0.2) is 0 Å². The molecule has 1 aromatic heterocycles. The van der Waals surface area contributed by atoms with Crippen LogP contribution in [0.2, 0.25) is 0 Å². The van der Waals surface area contributed by atoms with Gasteiger partial charge in [0.1, 0.15) is 0 Å². The van der Waals surface area contributed by atoms with Gasteiger partial charge in [-0.3, -0.25) is 4.98 Å². The smallest absolute Gasteiger partial charge is 0.0951 e. The predicted octanol–water partition coefficient (Wildman–Crippen LogP) is 4.32. The third-order valence-corrected chi connectivity index (χ3v) is 3.64. The van der Waals surface area contributed by atoms with E-state index in [1.54, 1.807) is 6.20 Å². The molecule has 3 N–H and O–H groups in total. The maximum Gasteiger partial charge on any atom is 0.0951 e. The van der Waals surface area contributed by atoms with Crippen LogP contribution in [0.25, 0.3) is 10.9 Å². The Hall–Kier alpha value is -2.07. The number of fused-ring (bicyclic) bond motifs is 1. The molecule has 0 radical (unpaired) electrons. The summed E-state index contributed by atoms with van der Waals surface area (Å²) in [6.07, 6.45) is 1.75. The summed E-state index contributed by atoms with van der Waals surface area (Å²) < 4.78 is 1.02. The largest absolute Gasteiger partial charge is 0.397 e. The summed E-state index contributed by atoms with van der Waals surface area (Å²) in [4.78, 5) is 4.33. The van der Waals surface area contributed by atoms with Gasteiger partial charge in [-0.1, -0.05) is 12.1 Å². The molecule has 2 aromatic carbocycles. The van der Waals surface area contributed by atoms with Gasteiger partial charge in [-0.15, -0.1) is 0 Å². The maximum absolute atomic E-state index is 5.95. The molecule has 0 aliphatic heterocycles. The minimum atomic E-state index is 0.688. The van der Waals surface area contributed by atoms with E-state index in [9.17, 15) is 0 Å². The molecule has 94 valence electrons. The highest BCUT2D eigenvalue weighted by atomic mass is 79.9. The summed E-state index contributed by atoms with van der Waals surface area (Å²) in [5.41, 5.74) is 9.46. The first-order valence-corrected chi connectivity index (χ1v) is 6.70. The summed E-state index contributed by atoms with van der Waals surface area (Å²) in [5, 5.41) is 4.41. The van der Waals surface area contributed by atoms with E-state index in [0.717, 1.165) is 26.8 Å². The Morgan fingerprint density at radius 3 is 2.63 bits per heavy atom. The van der Waals surface area contributed by atoms with Crippen LogP contribution in [0.5, 0.6) is 0 Å². The normalized spacial score (nSPS) is 10.6. The summed E-state index contributed by atoms with van der Waals surface area (Å²) in [6, 6.07) is 15.8. The second-order valence-corrected chi connectivity index (χ2v) is 5.06. The molecule has 0 atom stereocenters. The van der Waals surface area contributed by atoms with Gasteiger partial charge in [0, 0.05) is 21.7 Å². The second kappa shape index (κ2) is 4.90. The monoisotopic (exact) mass is 313 g/mol. The Kier molecular flexibility index (Phi) is 3.09. The fourth-order valence-corrected chi connectivity index (χ4v) is 2.40. The van der Waals surface area contributed by atoms with E-state index in [1.165, 1.54) is 0 Å². The topological polar surface area (TPSA) is 50.9 Å². The Morgan fingerprint density at radius 1 is 0.947 bits per heavy atom. The lowest BCUT2D eigenvalue weighted by Crippen LogP contribution is -1.95. The highest BCUT2D eigenvalue weighted by molar-refractivity contribution is 9.10. The summed E-state index contributed by atoms with van der Waals surface area (Å²) in [7, 11) is 0. The molecule has 3 rings (SSSR count). The molecular formula is C15H12BrN3. The summed E-state index contributed by atoms with van der Waals surface area (Å²) in [5.74, 6) is 0. The van der Waals surface area contributed by atoms with Gasteiger partial charge in [0.2, 0.25) is 0 Å². The number of nitrogens with zero attached hydrogens (tertiary/aromatic N) is 1. The molecule has 0 saturated carbocycles. The highest BCUT2D eigenvalue weighted by Gasteiger charge is 2.06. The van der Waals surface area contributed by atoms with Crippen LogP contribution in [0.4, 0.5) is 17.1 Å². The van der Waals surface area contributed by atoms with E-state index in [1.807, 2.05) is 48.5 Å². The third kappa shape index (κ3) is 2.27. The van der Waals surface area contributed by atoms with Crippen LogP contribution in [-0.2, 0) is 0 Å². The quantitative estimate of drug-likeness (QED) is 0.693. The minimum absolute atomic E-state index is 0.688. The number of hydrogen-bond acceptors (Lipinski definition) is 3. The summed E-state index contributed by atoms with van der Waals surface area (Å²) in [6.45, 7) is 0. The lowest BCUT2D eigenvalue weighted by Gasteiger charge is -2.12. The Bertz CT molecular complexity index is 740. The Labute approximate surface area is 119 Å². The van der Waals surface area contributed by atoms with Gasteiger partial charge >= 0.3 is 0 Å². The van der Waals surface area contributed by atoms with E-state index >= 15 is 0 Å². The molecule has 0 spiro atoms. The first-order chi connectivity index (χ1) is 9.25. The third-order valence-electron chi connectivity index (χ3n) is 2.94. The van der Waals surface area contributed by atoms with E-state index in [4.69, 9.17) is 5.73 Å². The number of benzene rings is 2. The van der Waals surface area contributed by atoms with Gasteiger partial charge in [0.05, 0.1) is 16.9 Å². The molecule has 3 nitrogen and oxygen atoms in total. The standard InChI is InChI=1S/C15H12BrN3/c16-11-5-1-2-6-14(11)19-13-8-7-12(17)15-10(13)4-3-9-18-15/h1-9,19H,17H2. The van der Waals surface area contributed by atoms with Crippen molar-refractivity contribution in [3.8, 4) is 0 Å². The lowest BCUT2D eigenvalue weighted by atomic mass is 10.1. The van der Waals surface area contributed by atoms with E-state index < -0.39 is 0 Å². The first-order valence-electron chi connectivity index (χ1n) is 5.90. The Balaban J connectivity index is 2.12. The number of anilines is 3. The van der Waals surface area contributed by atoms with Gasteiger partial charge < -0.3 is 11.1 Å². The number of aromatic nitrogens is 1. The van der Waals surface area contributed by atoms with Crippen LogP contribution in [0.3, 0.4) is 0 Å². The molecule has 19 heavy (non-hydrogen) atoms. The van der Waals surface area contributed by atoms with Crippen LogP contribution in [0, 0.1) is 0 Å². The van der Waals surface area contributed by atoms with E-state index in [0.29, 0.717) is 5.69 Å². The molecule has 4 heteroatoms. The number of nitrogens with two attached hydrogens (primary N) is 1. The van der Waals surface area contributed by atoms with E-state index in [-0.39, 0.29) is 0 Å². The number of nitrogens with one attached hydrogen (secondary N) is 1. The van der Waals surface area contributed by atoms with Crippen molar-refractivity contribution in [1.29, 1.82) is 0 Å². The van der Waals surface area contributed by atoms with Crippen LogP contribution in [0.1, 0.15) is 0 Å². The number of halogens is 1. The van der Waals surface area contributed by atoms with Crippen LogP contribution < -0.4 is 11.1 Å². The lowest BCUT2D eigenvalue weighted by molar-refractivity contribution is 1.41. The van der Waals surface area contributed by atoms with Crippen molar-refractivity contribution in [3.05, 3.63) is 59.2 Å². The van der Waals surface area contributed by atoms with E-state index in [2.05, 4.69) is 26.2 Å². The number of hydrogen-bond donors (Lipinski definition) is 2. The molecule has 0 fully saturated rings. The highest BCUT2D eigenvalue weighted by Crippen LogP contribution is 2.31. The zero-order valence-electron chi connectivity index (χ0n) is 10.1. The van der Waals surface area contributed by atoms with Crippen molar-refractivity contribution in [2.24, 2.45) is 0 Å². The molecular weight excluding hydrogens is 302 g/mol. The first kappa shape index (κ1) is 12.0. The number of rotatable bonds is 2. The molecule has 0 saturated heterocycles. The molecule has 3 aromatic rings. The summed E-state index contributed by atoms with van der Waals surface area (Å²) >= 11 is 3.53. The van der Waals surface area contributed by atoms with Crippen molar-refractivity contribution in [3.63, 3.8) is 0 Å². The van der Waals surface area contributed by atoms with Crippen molar-refractivity contribution >= 4 is 43.9 Å². The van der Waals surface area contributed by atoms with Crippen molar-refractivity contribution < 1.29 is 0 Å². The number of nitrogen functional groups attached to an aromatic ring is 1. The minimum Gasteiger partial charge on any atom is -0.397 e. The molecule has 0 unspecified atom stereocenters. The second-order valence-electron chi connectivity index (χ2n) is 4.21. The van der Waals surface area contributed by atoms with Crippen molar-refractivity contribution in [2.75, 3.05) is 11.1 Å². The zero-order valence-corrected chi connectivity index (χ0v) is 11.7. The number of pyridine rings is 1. The van der Waals surface area contributed by atoms with Crippen LogP contribution >= 0.6 is 15.9 Å². The zero-order chi connectivity index (χ0) is 13.2. The molecule has 0 amide bonds. The fourth-order valence-electron chi connectivity index (χ4n) is 2.01.